The number of carbonyl (C=O) groups excluding carboxylic acids is 2. The van der Waals surface area contributed by atoms with Crippen LogP contribution in [0.1, 0.15) is 51.1 Å². The molecule has 0 fully saturated rings. The minimum absolute atomic E-state index is 0.0567. The Morgan fingerprint density at radius 2 is 0.904 bits per heavy atom. The number of anilines is 2. The zero-order valence-electron chi connectivity index (χ0n) is 43.9. The molecule has 0 aromatic heterocycles. The second kappa shape index (κ2) is 22.6. The summed E-state index contributed by atoms with van der Waals surface area (Å²) >= 11 is 0. The molecule has 2 N–H and O–H groups in total. The zero-order valence-corrected chi connectivity index (χ0v) is 45.9. The molecule has 73 heavy (non-hydrogen) atoms. The highest BCUT2D eigenvalue weighted by Crippen LogP contribution is 2.45. The molecule has 0 spiro atoms. The summed E-state index contributed by atoms with van der Waals surface area (Å²) in [6.07, 6.45) is 2.71. The Kier molecular flexibility index (Phi) is 16.5. The molecule has 2 unspecified atom stereocenters. The average molecular weight is 1040 g/mol. The van der Waals surface area contributed by atoms with Gasteiger partial charge in [-0.2, -0.15) is 0 Å². The van der Waals surface area contributed by atoms with Gasteiger partial charge in [0.25, 0.3) is 11.8 Å². The number of benzene rings is 4. The molecule has 0 saturated heterocycles. The molecule has 0 saturated carbocycles. The highest BCUT2D eigenvalue weighted by atomic mass is 28.3. The quantitative estimate of drug-likeness (QED) is 0.0567. The Balaban J connectivity index is 1.01. The van der Waals surface area contributed by atoms with Gasteiger partial charge in [-0.25, -0.2) is 0 Å². The summed E-state index contributed by atoms with van der Waals surface area (Å²) in [4.78, 5) is 35.8. The third kappa shape index (κ3) is 12.0. The monoisotopic (exact) mass is 1040 g/mol. The molecule has 4 aliphatic heterocycles. The SMILES string of the molecule is COc1ccc(C2=CN3C(=O)c4cc(OC)c(OCCCOc5cc6c(cc5OC)C(=O)N5C=C(c7ccc(OC)cc7)C[C@H]5C(O)N6COCC[Si](C)(C)C)cc4N(COCC[Si](C)(C)C)C(O)[C@@H]3C2)cc1. The largest absolute Gasteiger partial charge is 0.497 e. The van der Waals surface area contributed by atoms with Crippen molar-refractivity contribution in [1.29, 1.82) is 0 Å². The number of hydrogen-bond acceptors (Lipinski definition) is 14. The fourth-order valence-corrected chi connectivity index (χ4v) is 10.9. The zero-order chi connectivity index (χ0) is 52.2. The molecule has 2 amide bonds. The van der Waals surface area contributed by atoms with Gasteiger partial charge >= 0.3 is 0 Å². The molecule has 4 aliphatic rings. The van der Waals surface area contributed by atoms with E-state index in [1.807, 2.05) is 60.9 Å². The van der Waals surface area contributed by atoms with E-state index in [-0.39, 0.29) is 38.5 Å². The molecular weight excluding hydrogens is 965 g/mol. The van der Waals surface area contributed by atoms with Crippen molar-refractivity contribution in [2.75, 3.05) is 78.1 Å². The van der Waals surface area contributed by atoms with Crippen LogP contribution < -0.4 is 38.2 Å². The molecule has 392 valence electrons. The number of carbonyl (C=O) groups is 2. The lowest BCUT2D eigenvalue weighted by Gasteiger charge is -2.34. The highest BCUT2D eigenvalue weighted by molar-refractivity contribution is 6.76. The molecule has 8 rings (SSSR count). The van der Waals surface area contributed by atoms with Crippen molar-refractivity contribution in [2.24, 2.45) is 0 Å². The number of amides is 2. The van der Waals surface area contributed by atoms with Crippen LogP contribution in [0, 0.1) is 0 Å². The third-order valence-electron chi connectivity index (χ3n) is 13.8. The van der Waals surface area contributed by atoms with Gasteiger partial charge in [0.2, 0.25) is 0 Å². The first-order valence-corrected chi connectivity index (χ1v) is 32.4. The van der Waals surface area contributed by atoms with Crippen LogP contribution >= 0.6 is 0 Å². The lowest BCUT2D eigenvalue weighted by molar-refractivity contribution is 0.0425. The van der Waals surface area contributed by atoms with Crippen molar-refractivity contribution < 1.29 is 57.7 Å². The number of aliphatic hydroxyl groups excluding tert-OH is 2. The topological polar surface area (TPSA) is 161 Å². The van der Waals surface area contributed by atoms with E-state index in [4.69, 9.17) is 37.9 Å². The van der Waals surface area contributed by atoms with Crippen LogP contribution in [0.25, 0.3) is 11.1 Å². The van der Waals surface area contributed by atoms with Gasteiger partial charge < -0.3 is 67.7 Å². The van der Waals surface area contributed by atoms with E-state index >= 15 is 0 Å². The maximum absolute atomic E-state index is 14.5. The summed E-state index contributed by atoms with van der Waals surface area (Å²) in [6.45, 7) is 15.3. The molecule has 18 heteroatoms. The van der Waals surface area contributed by atoms with Crippen molar-refractivity contribution >= 4 is 50.5 Å². The maximum atomic E-state index is 14.5. The smallest absolute Gasteiger partial charge is 0.260 e. The predicted octanol–water partition coefficient (Wildman–Crippen LogP) is 8.98. The molecule has 0 bridgehead atoms. The molecule has 4 atom stereocenters. The van der Waals surface area contributed by atoms with Crippen molar-refractivity contribution in [1.82, 2.24) is 9.80 Å². The molecule has 4 heterocycles. The fourth-order valence-electron chi connectivity index (χ4n) is 9.43. The lowest BCUT2D eigenvalue weighted by Crippen LogP contribution is -2.48. The third-order valence-corrected chi connectivity index (χ3v) is 17.2. The number of nitrogens with zero attached hydrogens (tertiary/aromatic N) is 4. The minimum atomic E-state index is -1.42. The Hall–Kier alpha value is -6.03. The molecular formula is C55H72N4O12Si2. The normalized spacial score (nSPS) is 19.6. The van der Waals surface area contributed by atoms with Gasteiger partial charge in [0.05, 0.1) is 76.2 Å². The summed E-state index contributed by atoms with van der Waals surface area (Å²) < 4.78 is 47.7. The summed E-state index contributed by atoms with van der Waals surface area (Å²) in [6, 6.07) is 22.9. The van der Waals surface area contributed by atoms with Crippen molar-refractivity contribution in [3.05, 3.63) is 107 Å². The standard InChI is InChI=1S/C55H72N4O12Si2/c1-64-40-16-12-36(13-17-40)38-26-46-54(62)58(34-68-22-24-72(5,6)7)44-30-50(48(66-3)28-42(44)52(60)56(46)32-38)70-20-11-21-71-51-31-45-43(29-49(51)67-4)53(61)57-33-39(37-14-18-41(65-2)19-15-37)27-47(57)55(63)59(45)35-69-23-25-73(8,9)10/h12-19,28-33,46-47,54-55,62-63H,11,20-27,34-35H2,1-10H3/t46-,47-,54?,55?/m0/s1. The Morgan fingerprint density at radius 1 is 0.521 bits per heavy atom. The van der Waals surface area contributed by atoms with Gasteiger partial charge in [-0.05, 0) is 83.6 Å². The average Bonchev–Trinajstić information content (AvgIpc) is 4.01. The van der Waals surface area contributed by atoms with E-state index in [0.717, 1.165) is 45.9 Å². The predicted molar refractivity (Wildman–Crippen MR) is 288 cm³/mol. The Labute approximate surface area is 431 Å². The fraction of sp³-hybridized carbons (Fsp3) is 0.455. The van der Waals surface area contributed by atoms with Crippen LogP contribution in [0.2, 0.25) is 51.4 Å². The number of rotatable bonds is 22. The van der Waals surface area contributed by atoms with Gasteiger partial charge in [0.15, 0.2) is 23.0 Å². The van der Waals surface area contributed by atoms with Crippen molar-refractivity contribution in [3.8, 4) is 34.5 Å². The van der Waals surface area contributed by atoms with Gasteiger partial charge in [0.1, 0.15) is 37.4 Å². The summed E-state index contributed by atoms with van der Waals surface area (Å²) in [5.41, 5.74) is 5.35. The highest BCUT2D eigenvalue weighted by Gasteiger charge is 2.45. The van der Waals surface area contributed by atoms with Crippen LogP contribution in [0.5, 0.6) is 34.5 Å². The number of fused-ring (bicyclic) bond motifs is 4. The Bertz CT molecular complexity index is 2490. The van der Waals surface area contributed by atoms with Crippen LogP contribution in [-0.2, 0) is 9.47 Å². The molecule has 4 aromatic carbocycles. The van der Waals surface area contributed by atoms with Crippen LogP contribution in [0.15, 0.2) is 85.2 Å². The molecule has 16 nitrogen and oxygen atoms in total. The molecule has 0 radical (unpaired) electrons. The van der Waals surface area contributed by atoms with Gasteiger partial charge in [0, 0.05) is 60.3 Å². The first-order chi connectivity index (χ1) is 34.9. The van der Waals surface area contributed by atoms with Gasteiger partial charge in [-0.1, -0.05) is 63.5 Å². The first kappa shape index (κ1) is 53.3. The van der Waals surface area contributed by atoms with E-state index in [9.17, 15) is 19.8 Å². The molecule has 0 aliphatic carbocycles. The number of hydrogen-bond donors (Lipinski definition) is 2. The summed E-state index contributed by atoms with van der Waals surface area (Å²) in [7, 11) is 3.45. The van der Waals surface area contributed by atoms with Crippen molar-refractivity contribution in [2.45, 2.75) is 95.2 Å². The second-order valence-corrected chi connectivity index (χ2v) is 32.5. The van der Waals surface area contributed by atoms with E-state index < -0.39 is 40.7 Å². The number of methoxy groups -OCH3 is 4. The second-order valence-electron chi connectivity index (χ2n) is 21.3. The summed E-state index contributed by atoms with van der Waals surface area (Å²) in [5, 5.41) is 24.4. The Morgan fingerprint density at radius 3 is 1.25 bits per heavy atom. The minimum Gasteiger partial charge on any atom is -0.497 e. The van der Waals surface area contributed by atoms with E-state index in [0.29, 0.717) is 78.0 Å². The van der Waals surface area contributed by atoms with Crippen LogP contribution in [-0.4, -0.2) is 141 Å². The summed E-state index contributed by atoms with van der Waals surface area (Å²) in [5.74, 6) is 2.38. The van der Waals surface area contributed by atoms with Crippen molar-refractivity contribution in [3.63, 3.8) is 0 Å². The van der Waals surface area contributed by atoms with Crippen LogP contribution in [0.4, 0.5) is 11.4 Å². The van der Waals surface area contributed by atoms with Crippen LogP contribution in [0.3, 0.4) is 0 Å². The van der Waals surface area contributed by atoms with Gasteiger partial charge in [-0.3, -0.25) is 9.59 Å². The number of aliphatic hydroxyl groups is 2. The van der Waals surface area contributed by atoms with E-state index in [1.165, 1.54) is 14.2 Å². The maximum Gasteiger partial charge on any atom is 0.260 e. The first-order valence-electron chi connectivity index (χ1n) is 25.0. The van der Waals surface area contributed by atoms with Gasteiger partial charge in [-0.15, -0.1) is 0 Å². The van der Waals surface area contributed by atoms with E-state index in [1.54, 1.807) is 58.1 Å². The van der Waals surface area contributed by atoms with E-state index in [2.05, 4.69) is 39.3 Å². The molecule has 4 aromatic rings. The number of ether oxygens (including phenoxy) is 8. The lowest BCUT2D eigenvalue weighted by atomic mass is 10.0.